The number of likely N-dealkylation sites (N-methyl/N-ethyl adjacent to an activating group) is 1. The number of amides is 1. The van der Waals surface area contributed by atoms with Gasteiger partial charge in [0.2, 0.25) is 11.2 Å². The monoisotopic (exact) mass is 294 g/mol. The van der Waals surface area contributed by atoms with E-state index in [0.717, 1.165) is 43.0 Å². The van der Waals surface area contributed by atoms with E-state index >= 15 is 0 Å². The minimum absolute atomic E-state index is 0.0784. The standard InChI is InChI=1S/C14H19ClN4O/c1-8(2)7-9-11-12(17-14(15)16-9)19-6-4-5-10(19)13(20)18(11)3/h8,10H,4-7H2,1-3H3. The molecular formula is C14H19ClN4O. The van der Waals surface area contributed by atoms with Crippen LogP contribution in [0.3, 0.4) is 0 Å². The lowest BCUT2D eigenvalue weighted by molar-refractivity contribution is -0.119. The number of carbonyl (C=O) groups is 1. The van der Waals surface area contributed by atoms with E-state index in [1.54, 1.807) is 4.90 Å². The van der Waals surface area contributed by atoms with Crippen LogP contribution in [-0.2, 0) is 11.2 Å². The summed E-state index contributed by atoms with van der Waals surface area (Å²) in [5.74, 6) is 1.42. The fourth-order valence-corrected chi connectivity index (χ4v) is 3.32. The van der Waals surface area contributed by atoms with Gasteiger partial charge in [-0.25, -0.2) is 4.98 Å². The summed E-state index contributed by atoms with van der Waals surface area (Å²) in [5, 5.41) is 0.271. The summed E-state index contributed by atoms with van der Waals surface area (Å²) in [7, 11) is 1.82. The van der Waals surface area contributed by atoms with E-state index in [-0.39, 0.29) is 17.2 Å². The van der Waals surface area contributed by atoms with Crippen molar-refractivity contribution in [1.82, 2.24) is 9.97 Å². The maximum atomic E-state index is 12.5. The third-order valence-electron chi connectivity index (χ3n) is 3.99. The van der Waals surface area contributed by atoms with E-state index in [1.165, 1.54) is 0 Å². The number of fused-ring (bicyclic) bond motifs is 3. The lowest BCUT2D eigenvalue weighted by atomic mass is 10.0. The molecule has 1 atom stereocenters. The molecule has 3 rings (SSSR count). The van der Waals surface area contributed by atoms with E-state index in [4.69, 9.17) is 11.6 Å². The second-order valence-corrected chi connectivity index (χ2v) is 6.30. The van der Waals surface area contributed by atoms with Gasteiger partial charge in [-0.3, -0.25) is 4.79 Å². The van der Waals surface area contributed by atoms with Gasteiger partial charge in [-0.1, -0.05) is 13.8 Å². The second kappa shape index (κ2) is 4.88. The lowest BCUT2D eigenvalue weighted by Gasteiger charge is -2.37. The molecular weight excluding hydrogens is 276 g/mol. The Balaban J connectivity index is 2.15. The molecule has 0 saturated carbocycles. The molecule has 0 bridgehead atoms. The number of hydrogen-bond donors (Lipinski definition) is 0. The summed E-state index contributed by atoms with van der Waals surface area (Å²) in [6, 6.07) is -0.0784. The quantitative estimate of drug-likeness (QED) is 0.785. The molecule has 1 aromatic heterocycles. The zero-order chi connectivity index (χ0) is 14.4. The van der Waals surface area contributed by atoms with E-state index in [1.807, 2.05) is 7.05 Å². The first kappa shape index (κ1) is 13.6. The van der Waals surface area contributed by atoms with E-state index < -0.39 is 0 Å². The van der Waals surface area contributed by atoms with Crippen molar-refractivity contribution in [1.29, 1.82) is 0 Å². The van der Waals surface area contributed by atoms with Crippen molar-refractivity contribution in [3.8, 4) is 0 Å². The highest BCUT2D eigenvalue weighted by atomic mass is 35.5. The third kappa shape index (κ3) is 2.04. The first-order chi connectivity index (χ1) is 9.49. The number of hydrogen-bond acceptors (Lipinski definition) is 4. The van der Waals surface area contributed by atoms with Crippen LogP contribution < -0.4 is 9.80 Å². The van der Waals surface area contributed by atoms with Crippen LogP contribution in [0.25, 0.3) is 0 Å². The largest absolute Gasteiger partial charge is 0.343 e. The van der Waals surface area contributed by atoms with Gasteiger partial charge < -0.3 is 9.80 Å². The number of nitrogens with zero attached hydrogens (tertiary/aromatic N) is 4. The Morgan fingerprint density at radius 1 is 1.40 bits per heavy atom. The molecule has 1 unspecified atom stereocenters. The molecule has 20 heavy (non-hydrogen) atoms. The number of anilines is 2. The Bertz CT molecular complexity index is 560. The predicted octanol–water partition coefficient (Wildman–Crippen LogP) is 2.27. The average molecular weight is 295 g/mol. The Morgan fingerprint density at radius 2 is 2.15 bits per heavy atom. The van der Waals surface area contributed by atoms with Gasteiger partial charge in [0.25, 0.3) is 0 Å². The van der Waals surface area contributed by atoms with Gasteiger partial charge in [-0.05, 0) is 36.8 Å². The highest BCUT2D eigenvalue weighted by molar-refractivity contribution is 6.28. The Kier molecular flexibility index (Phi) is 3.32. The zero-order valence-electron chi connectivity index (χ0n) is 12.1. The summed E-state index contributed by atoms with van der Waals surface area (Å²) >= 11 is 6.09. The molecule has 1 fully saturated rings. The molecule has 6 heteroatoms. The van der Waals surface area contributed by atoms with E-state index in [9.17, 15) is 4.79 Å². The van der Waals surface area contributed by atoms with Crippen molar-refractivity contribution in [2.24, 2.45) is 5.92 Å². The van der Waals surface area contributed by atoms with Gasteiger partial charge in [0.15, 0.2) is 5.82 Å². The molecule has 0 aliphatic carbocycles. The Morgan fingerprint density at radius 3 is 2.85 bits per heavy atom. The molecule has 1 aromatic rings. The molecule has 108 valence electrons. The summed E-state index contributed by atoms with van der Waals surface area (Å²) in [6.45, 7) is 5.13. The molecule has 2 aliphatic rings. The first-order valence-electron chi connectivity index (χ1n) is 7.09. The van der Waals surface area contributed by atoms with Crippen molar-refractivity contribution in [2.75, 3.05) is 23.4 Å². The number of rotatable bonds is 2. The maximum absolute atomic E-state index is 12.5. The minimum Gasteiger partial charge on any atom is -0.343 e. The summed E-state index contributed by atoms with van der Waals surface area (Å²) in [4.78, 5) is 25.1. The molecule has 2 aliphatic heterocycles. The average Bonchev–Trinajstić information content (AvgIpc) is 2.84. The Labute approximate surface area is 123 Å². The lowest BCUT2D eigenvalue weighted by Crippen LogP contribution is -2.50. The Hall–Kier alpha value is -1.36. The molecule has 3 heterocycles. The number of carbonyl (C=O) groups excluding carboxylic acids is 1. The van der Waals surface area contributed by atoms with Gasteiger partial charge in [-0.2, -0.15) is 4.98 Å². The normalized spacial score (nSPS) is 21.4. The van der Waals surface area contributed by atoms with Crippen LogP contribution in [0.5, 0.6) is 0 Å². The van der Waals surface area contributed by atoms with Crippen molar-refractivity contribution < 1.29 is 4.79 Å². The predicted molar refractivity (Wildman–Crippen MR) is 79.4 cm³/mol. The summed E-state index contributed by atoms with van der Waals surface area (Å²) in [6.07, 6.45) is 2.70. The molecule has 0 N–H and O–H groups in total. The topological polar surface area (TPSA) is 49.3 Å². The van der Waals surface area contributed by atoms with Crippen LogP contribution in [0.1, 0.15) is 32.4 Å². The van der Waals surface area contributed by atoms with Crippen molar-refractivity contribution >= 4 is 29.0 Å². The van der Waals surface area contributed by atoms with Crippen molar-refractivity contribution in [3.63, 3.8) is 0 Å². The smallest absolute Gasteiger partial charge is 0.249 e. The van der Waals surface area contributed by atoms with Crippen LogP contribution in [0.15, 0.2) is 0 Å². The highest BCUT2D eigenvalue weighted by Gasteiger charge is 2.41. The zero-order valence-corrected chi connectivity index (χ0v) is 12.8. The highest BCUT2D eigenvalue weighted by Crippen LogP contribution is 2.40. The fourth-order valence-electron chi connectivity index (χ4n) is 3.14. The van der Waals surface area contributed by atoms with Crippen molar-refractivity contribution in [2.45, 2.75) is 39.2 Å². The minimum atomic E-state index is -0.0784. The second-order valence-electron chi connectivity index (χ2n) is 5.96. The van der Waals surface area contributed by atoms with Crippen molar-refractivity contribution in [3.05, 3.63) is 11.0 Å². The van der Waals surface area contributed by atoms with Crippen LogP contribution in [0.4, 0.5) is 11.5 Å². The maximum Gasteiger partial charge on any atom is 0.249 e. The molecule has 0 spiro atoms. The van der Waals surface area contributed by atoms with Crippen LogP contribution in [0, 0.1) is 5.92 Å². The van der Waals surface area contributed by atoms with Crippen LogP contribution >= 0.6 is 11.6 Å². The van der Waals surface area contributed by atoms with Gasteiger partial charge in [0.1, 0.15) is 11.7 Å². The van der Waals surface area contributed by atoms with Gasteiger partial charge in [0, 0.05) is 13.6 Å². The van der Waals surface area contributed by atoms with Crippen LogP contribution in [-0.4, -0.2) is 35.5 Å². The van der Waals surface area contributed by atoms with E-state index in [0.29, 0.717) is 5.92 Å². The molecule has 0 aromatic carbocycles. The molecule has 1 amide bonds. The number of halogens is 1. The summed E-state index contributed by atoms with van der Waals surface area (Å²) in [5.41, 5.74) is 1.71. The van der Waals surface area contributed by atoms with Gasteiger partial charge >= 0.3 is 0 Å². The summed E-state index contributed by atoms with van der Waals surface area (Å²) < 4.78 is 0. The van der Waals surface area contributed by atoms with Gasteiger partial charge in [-0.15, -0.1) is 0 Å². The number of aromatic nitrogens is 2. The molecule has 0 radical (unpaired) electrons. The molecule has 1 saturated heterocycles. The molecule has 5 nitrogen and oxygen atoms in total. The first-order valence-corrected chi connectivity index (χ1v) is 7.47. The fraction of sp³-hybridized carbons (Fsp3) is 0.643. The van der Waals surface area contributed by atoms with Gasteiger partial charge in [0.05, 0.1) is 5.69 Å². The third-order valence-corrected chi connectivity index (χ3v) is 4.16. The van der Waals surface area contributed by atoms with Crippen LogP contribution in [0.2, 0.25) is 5.28 Å². The van der Waals surface area contributed by atoms with E-state index in [2.05, 4.69) is 28.7 Å². The SMILES string of the molecule is CC(C)Cc1nc(Cl)nc2c1N(C)C(=O)C1CCCN21.